The summed E-state index contributed by atoms with van der Waals surface area (Å²) in [6, 6.07) is 6.14. The third kappa shape index (κ3) is 3.74. The van der Waals surface area contributed by atoms with Gasteiger partial charge in [-0.2, -0.15) is 0 Å². The Kier molecular flexibility index (Phi) is 4.17. The van der Waals surface area contributed by atoms with Crippen molar-refractivity contribution in [1.82, 2.24) is 4.90 Å². The van der Waals surface area contributed by atoms with Crippen LogP contribution in [0.1, 0.15) is 54.1 Å². The first kappa shape index (κ1) is 14.8. The number of benzene rings is 1. The minimum atomic E-state index is 0.0216. The SMILES string of the molecule is Cc1ccc(C(=O)C(C)N(CC2CC2)CC2CC2)cc1C. The summed E-state index contributed by atoms with van der Waals surface area (Å²) in [6.45, 7) is 8.52. The molecule has 0 N–H and O–H groups in total. The van der Waals surface area contributed by atoms with Crippen LogP contribution in [0.5, 0.6) is 0 Å². The van der Waals surface area contributed by atoms with Gasteiger partial charge in [0.15, 0.2) is 5.78 Å². The zero-order chi connectivity index (χ0) is 15.0. The molecule has 1 aromatic carbocycles. The van der Waals surface area contributed by atoms with Crippen molar-refractivity contribution < 1.29 is 4.79 Å². The summed E-state index contributed by atoms with van der Waals surface area (Å²) in [5.41, 5.74) is 3.35. The molecule has 2 saturated carbocycles. The van der Waals surface area contributed by atoms with E-state index in [4.69, 9.17) is 0 Å². The molecule has 1 aromatic rings. The second-order valence-electron chi connectivity index (χ2n) is 7.18. The first-order valence-corrected chi connectivity index (χ1v) is 8.40. The molecule has 1 atom stereocenters. The molecule has 0 aliphatic heterocycles. The maximum Gasteiger partial charge on any atom is 0.179 e. The maximum atomic E-state index is 12.8. The Morgan fingerprint density at radius 1 is 1.10 bits per heavy atom. The molecule has 2 fully saturated rings. The number of ketones is 1. The molecule has 21 heavy (non-hydrogen) atoms. The molecule has 2 aliphatic carbocycles. The van der Waals surface area contributed by atoms with E-state index < -0.39 is 0 Å². The van der Waals surface area contributed by atoms with Crippen molar-refractivity contribution in [1.29, 1.82) is 0 Å². The van der Waals surface area contributed by atoms with Crippen molar-refractivity contribution in [3.8, 4) is 0 Å². The quantitative estimate of drug-likeness (QED) is 0.706. The molecule has 2 nitrogen and oxygen atoms in total. The van der Waals surface area contributed by atoms with Gasteiger partial charge in [-0.1, -0.05) is 12.1 Å². The van der Waals surface area contributed by atoms with E-state index in [2.05, 4.69) is 37.8 Å². The molecule has 0 radical (unpaired) electrons. The van der Waals surface area contributed by atoms with Crippen molar-refractivity contribution in [2.75, 3.05) is 13.1 Å². The second-order valence-corrected chi connectivity index (χ2v) is 7.18. The summed E-state index contributed by atoms with van der Waals surface area (Å²) >= 11 is 0. The van der Waals surface area contributed by atoms with Gasteiger partial charge in [0.05, 0.1) is 6.04 Å². The fourth-order valence-corrected chi connectivity index (χ4v) is 2.96. The van der Waals surface area contributed by atoms with E-state index in [0.29, 0.717) is 5.78 Å². The Balaban J connectivity index is 1.71. The average Bonchev–Trinajstić information content (AvgIpc) is 3.35. The standard InChI is InChI=1S/C19H27NO/c1-13-4-9-18(10-14(13)2)19(21)15(3)20(11-16-5-6-16)12-17-7-8-17/h4,9-10,15-17H,5-8,11-12H2,1-3H3. The van der Waals surface area contributed by atoms with Crippen LogP contribution in [0.15, 0.2) is 18.2 Å². The van der Waals surface area contributed by atoms with E-state index in [1.807, 2.05) is 6.07 Å². The van der Waals surface area contributed by atoms with Crippen LogP contribution in [0.4, 0.5) is 0 Å². The molecule has 0 spiro atoms. The van der Waals surface area contributed by atoms with Gasteiger partial charge in [0, 0.05) is 18.7 Å². The first-order chi connectivity index (χ1) is 10.0. The molecule has 3 rings (SSSR count). The number of aryl methyl sites for hydroxylation is 2. The predicted octanol–water partition coefficient (Wildman–Crippen LogP) is 4.00. The van der Waals surface area contributed by atoms with Crippen LogP contribution < -0.4 is 0 Å². The van der Waals surface area contributed by atoms with Gasteiger partial charge in [-0.25, -0.2) is 0 Å². The van der Waals surface area contributed by atoms with Crippen molar-refractivity contribution in [2.45, 2.75) is 52.5 Å². The molecule has 2 aliphatic rings. The lowest BCUT2D eigenvalue weighted by molar-refractivity contribution is 0.0824. The number of Topliss-reactive ketones (excluding diaryl/α,β-unsaturated/α-hetero) is 1. The fourth-order valence-electron chi connectivity index (χ4n) is 2.96. The Morgan fingerprint density at radius 3 is 2.14 bits per heavy atom. The Labute approximate surface area is 128 Å². The van der Waals surface area contributed by atoms with Gasteiger partial charge in [0.2, 0.25) is 0 Å². The van der Waals surface area contributed by atoms with E-state index in [0.717, 1.165) is 30.5 Å². The highest BCUT2D eigenvalue weighted by molar-refractivity contribution is 6.00. The summed E-state index contributed by atoms with van der Waals surface area (Å²) < 4.78 is 0. The lowest BCUT2D eigenvalue weighted by atomic mass is 9.99. The zero-order valence-corrected chi connectivity index (χ0v) is 13.6. The van der Waals surface area contributed by atoms with E-state index >= 15 is 0 Å². The highest BCUT2D eigenvalue weighted by Crippen LogP contribution is 2.34. The Bertz CT molecular complexity index is 514. The van der Waals surface area contributed by atoms with E-state index in [-0.39, 0.29) is 6.04 Å². The van der Waals surface area contributed by atoms with E-state index in [9.17, 15) is 4.79 Å². The van der Waals surface area contributed by atoms with Gasteiger partial charge in [-0.3, -0.25) is 9.69 Å². The molecule has 0 aromatic heterocycles. The van der Waals surface area contributed by atoms with Gasteiger partial charge in [0.1, 0.15) is 0 Å². The Hall–Kier alpha value is -1.15. The number of carbonyl (C=O) groups is 1. The monoisotopic (exact) mass is 285 g/mol. The average molecular weight is 285 g/mol. The smallest absolute Gasteiger partial charge is 0.179 e. The largest absolute Gasteiger partial charge is 0.293 e. The number of rotatable bonds is 7. The third-order valence-corrected chi connectivity index (χ3v) is 5.10. The van der Waals surface area contributed by atoms with Crippen molar-refractivity contribution in [3.05, 3.63) is 34.9 Å². The molecule has 0 bridgehead atoms. The Morgan fingerprint density at radius 2 is 1.67 bits per heavy atom. The molecule has 2 heteroatoms. The summed E-state index contributed by atoms with van der Waals surface area (Å²) in [4.78, 5) is 15.3. The van der Waals surface area contributed by atoms with Gasteiger partial charge in [-0.05, 0) is 75.5 Å². The molecule has 0 heterocycles. The van der Waals surface area contributed by atoms with Crippen LogP contribution >= 0.6 is 0 Å². The lowest BCUT2D eigenvalue weighted by Crippen LogP contribution is -2.41. The lowest BCUT2D eigenvalue weighted by Gasteiger charge is -2.28. The van der Waals surface area contributed by atoms with Gasteiger partial charge < -0.3 is 0 Å². The molecule has 114 valence electrons. The summed E-state index contributed by atoms with van der Waals surface area (Å²) in [5, 5.41) is 0. The first-order valence-electron chi connectivity index (χ1n) is 8.40. The number of nitrogens with zero attached hydrogens (tertiary/aromatic N) is 1. The predicted molar refractivity (Wildman–Crippen MR) is 86.7 cm³/mol. The summed E-state index contributed by atoms with van der Waals surface area (Å²) in [7, 11) is 0. The van der Waals surface area contributed by atoms with Crippen LogP contribution in [0.3, 0.4) is 0 Å². The highest BCUT2D eigenvalue weighted by atomic mass is 16.1. The van der Waals surface area contributed by atoms with Crippen LogP contribution in [0.25, 0.3) is 0 Å². The summed E-state index contributed by atoms with van der Waals surface area (Å²) in [5.74, 6) is 1.98. The number of hydrogen-bond acceptors (Lipinski definition) is 2. The highest BCUT2D eigenvalue weighted by Gasteiger charge is 2.33. The van der Waals surface area contributed by atoms with Crippen LogP contribution in [0, 0.1) is 25.7 Å². The van der Waals surface area contributed by atoms with Crippen molar-refractivity contribution in [3.63, 3.8) is 0 Å². The van der Waals surface area contributed by atoms with Gasteiger partial charge in [0.25, 0.3) is 0 Å². The maximum absolute atomic E-state index is 12.8. The number of hydrogen-bond donors (Lipinski definition) is 0. The molecule has 1 unspecified atom stereocenters. The molecule has 0 amide bonds. The minimum Gasteiger partial charge on any atom is -0.293 e. The van der Waals surface area contributed by atoms with Gasteiger partial charge >= 0.3 is 0 Å². The molecule has 0 saturated heterocycles. The summed E-state index contributed by atoms with van der Waals surface area (Å²) in [6.07, 6.45) is 5.41. The van der Waals surface area contributed by atoms with Crippen molar-refractivity contribution >= 4 is 5.78 Å². The van der Waals surface area contributed by atoms with Gasteiger partial charge in [-0.15, -0.1) is 0 Å². The normalized spacial score (nSPS) is 19.8. The molecular formula is C19H27NO. The van der Waals surface area contributed by atoms with Crippen LogP contribution in [-0.2, 0) is 0 Å². The van der Waals surface area contributed by atoms with Crippen LogP contribution in [0.2, 0.25) is 0 Å². The molecular weight excluding hydrogens is 258 g/mol. The third-order valence-electron chi connectivity index (χ3n) is 5.10. The van der Waals surface area contributed by atoms with E-state index in [1.54, 1.807) is 0 Å². The van der Waals surface area contributed by atoms with Crippen LogP contribution in [-0.4, -0.2) is 29.8 Å². The number of carbonyl (C=O) groups excluding carboxylic acids is 1. The van der Waals surface area contributed by atoms with E-state index in [1.165, 1.54) is 36.8 Å². The van der Waals surface area contributed by atoms with Crippen molar-refractivity contribution in [2.24, 2.45) is 11.8 Å². The second kappa shape index (κ2) is 5.92. The zero-order valence-electron chi connectivity index (χ0n) is 13.6. The minimum absolute atomic E-state index is 0.0216. The topological polar surface area (TPSA) is 20.3 Å². The fraction of sp³-hybridized carbons (Fsp3) is 0.632.